The second kappa shape index (κ2) is 6.43. The number of aliphatic carboxylic acids is 1. The van der Waals surface area contributed by atoms with Gasteiger partial charge in [-0.25, -0.2) is 0 Å². The Kier molecular flexibility index (Phi) is 4.68. The first-order chi connectivity index (χ1) is 12.6. The quantitative estimate of drug-likeness (QED) is 0.590. The predicted molar refractivity (Wildman–Crippen MR) is 101 cm³/mol. The van der Waals surface area contributed by atoms with Gasteiger partial charge in [0.15, 0.2) is 0 Å². The molecule has 0 aromatic heterocycles. The standard InChI is InChI=1S/C22H36O5/c1-11(20(26)27)13-4-5-14-17-15(7-9-21(13,14)2)22(3)8-6-12(23)10-16(22)18(24)19(17)25/h11-19,23-25H,4-10H2,1-3H3,(H,26,27)/t11-,12+,13+,14-,15-,16-,17-,18+,19-,21+,22+/m0/s1. The summed E-state index contributed by atoms with van der Waals surface area (Å²) in [5, 5.41) is 41.9. The number of carboxylic acids is 1. The number of carboxylic acid groups (broad SMARTS) is 1. The molecular formula is C22H36O5. The predicted octanol–water partition coefficient (Wildman–Crippen LogP) is 2.67. The van der Waals surface area contributed by atoms with Crippen molar-refractivity contribution in [1.29, 1.82) is 0 Å². The zero-order valence-electron chi connectivity index (χ0n) is 16.8. The molecule has 4 aliphatic carbocycles. The van der Waals surface area contributed by atoms with E-state index in [9.17, 15) is 25.2 Å². The summed E-state index contributed by atoms with van der Waals surface area (Å²) in [6.45, 7) is 6.34. The maximum atomic E-state index is 11.7. The van der Waals surface area contributed by atoms with Crippen molar-refractivity contribution in [3.63, 3.8) is 0 Å². The monoisotopic (exact) mass is 380 g/mol. The first kappa shape index (κ1) is 19.7. The number of hydrogen-bond donors (Lipinski definition) is 4. The molecule has 0 saturated heterocycles. The lowest BCUT2D eigenvalue weighted by Crippen LogP contribution is -2.64. The third-order valence-corrected chi connectivity index (χ3v) is 9.79. The number of rotatable bonds is 2. The van der Waals surface area contributed by atoms with Crippen LogP contribution >= 0.6 is 0 Å². The molecule has 0 radical (unpaired) electrons. The maximum absolute atomic E-state index is 11.7. The fraction of sp³-hybridized carbons (Fsp3) is 0.955. The molecule has 0 amide bonds. The summed E-state index contributed by atoms with van der Waals surface area (Å²) in [7, 11) is 0. The Hall–Kier alpha value is -0.650. The summed E-state index contributed by atoms with van der Waals surface area (Å²) in [6.07, 6.45) is 4.20. The average Bonchev–Trinajstić information content (AvgIpc) is 2.97. The molecule has 0 aromatic carbocycles. The van der Waals surface area contributed by atoms with E-state index in [1.165, 1.54) is 0 Å². The van der Waals surface area contributed by atoms with Crippen LogP contribution in [0.5, 0.6) is 0 Å². The molecule has 0 bridgehead atoms. The van der Waals surface area contributed by atoms with Gasteiger partial charge < -0.3 is 20.4 Å². The Morgan fingerprint density at radius 3 is 2.19 bits per heavy atom. The van der Waals surface area contributed by atoms with Gasteiger partial charge in [-0.2, -0.15) is 0 Å². The smallest absolute Gasteiger partial charge is 0.306 e. The van der Waals surface area contributed by atoms with Crippen LogP contribution in [0, 0.1) is 46.3 Å². The highest BCUT2D eigenvalue weighted by molar-refractivity contribution is 5.70. The molecule has 0 unspecified atom stereocenters. The van der Waals surface area contributed by atoms with Gasteiger partial charge in [-0.15, -0.1) is 0 Å². The lowest BCUT2D eigenvalue weighted by atomic mass is 9.43. The van der Waals surface area contributed by atoms with Crippen LogP contribution in [0.4, 0.5) is 0 Å². The SMILES string of the molecule is C[C@H](C(=O)O)[C@H]1CC[C@H]2[C@@H]3[C@H](O)[C@H](O)[C@@H]4C[C@H](O)CC[C@]4(C)[C@H]3CC[C@]12C. The Bertz CT molecular complexity index is 608. The molecule has 11 atom stereocenters. The van der Waals surface area contributed by atoms with Crippen molar-refractivity contribution >= 4 is 5.97 Å². The minimum absolute atomic E-state index is 0.0413. The molecule has 4 rings (SSSR count). The first-order valence-electron chi connectivity index (χ1n) is 10.9. The minimum Gasteiger partial charge on any atom is -0.481 e. The van der Waals surface area contributed by atoms with Gasteiger partial charge in [0.05, 0.1) is 24.2 Å². The molecule has 5 heteroatoms. The Labute approximate surface area is 162 Å². The number of aliphatic hydroxyl groups excluding tert-OH is 3. The summed E-state index contributed by atoms with van der Waals surface area (Å²) in [4.78, 5) is 11.7. The average molecular weight is 381 g/mol. The van der Waals surface area contributed by atoms with E-state index in [1.54, 1.807) is 0 Å². The summed E-state index contributed by atoms with van der Waals surface area (Å²) in [5.74, 6) is -0.318. The molecule has 154 valence electrons. The number of aliphatic hydroxyl groups is 3. The molecule has 4 saturated carbocycles. The van der Waals surface area contributed by atoms with E-state index in [2.05, 4.69) is 13.8 Å². The van der Waals surface area contributed by atoms with Crippen LogP contribution in [0.3, 0.4) is 0 Å². The van der Waals surface area contributed by atoms with Crippen LogP contribution in [0.15, 0.2) is 0 Å². The van der Waals surface area contributed by atoms with Gasteiger partial charge in [0, 0.05) is 0 Å². The number of hydrogen-bond acceptors (Lipinski definition) is 4. The minimum atomic E-state index is -0.788. The summed E-state index contributed by atoms with van der Waals surface area (Å²) >= 11 is 0. The lowest BCUT2D eigenvalue weighted by molar-refractivity contribution is -0.223. The maximum Gasteiger partial charge on any atom is 0.306 e. The van der Waals surface area contributed by atoms with Crippen LogP contribution in [0.1, 0.15) is 65.7 Å². The van der Waals surface area contributed by atoms with Crippen LogP contribution in [0.25, 0.3) is 0 Å². The molecule has 0 spiro atoms. The third-order valence-electron chi connectivity index (χ3n) is 9.79. The van der Waals surface area contributed by atoms with Crippen molar-refractivity contribution in [3.05, 3.63) is 0 Å². The van der Waals surface area contributed by atoms with Crippen molar-refractivity contribution in [1.82, 2.24) is 0 Å². The largest absolute Gasteiger partial charge is 0.481 e. The van der Waals surface area contributed by atoms with E-state index in [4.69, 9.17) is 0 Å². The Morgan fingerprint density at radius 2 is 1.52 bits per heavy atom. The van der Waals surface area contributed by atoms with Crippen LogP contribution in [-0.2, 0) is 4.79 Å². The van der Waals surface area contributed by atoms with E-state index in [-0.39, 0.29) is 46.5 Å². The van der Waals surface area contributed by atoms with Crippen molar-refractivity contribution < 1.29 is 25.2 Å². The normalized spacial score (nSPS) is 55.9. The fourth-order valence-corrected chi connectivity index (χ4v) is 8.27. The summed E-state index contributed by atoms with van der Waals surface area (Å²) in [5.41, 5.74) is -0.114. The van der Waals surface area contributed by atoms with E-state index < -0.39 is 18.2 Å². The topological polar surface area (TPSA) is 98.0 Å². The van der Waals surface area contributed by atoms with Gasteiger partial charge in [-0.05, 0) is 85.4 Å². The molecule has 5 nitrogen and oxygen atoms in total. The van der Waals surface area contributed by atoms with Crippen LogP contribution in [-0.4, -0.2) is 44.7 Å². The molecule has 0 heterocycles. The van der Waals surface area contributed by atoms with Gasteiger partial charge in [0.2, 0.25) is 0 Å². The molecule has 0 aliphatic heterocycles. The second-order valence-corrected chi connectivity index (χ2v) is 10.7. The van der Waals surface area contributed by atoms with E-state index in [1.807, 2.05) is 6.92 Å². The van der Waals surface area contributed by atoms with Gasteiger partial charge in [-0.3, -0.25) is 4.79 Å². The van der Waals surface area contributed by atoms with Gasteiger partial charge in [0.25, 0.3) is 0 Å². The van der Waals surface area contributed by atoms with Crippen molar-refractivity contribution in [3.8, 4) is 0 Å². The Balaban J connectivity index is 1.68. The summed E-state index contributed by atoms with van der Waals surface area (Å²) < 4.78 is 0. The first-order valence-corrected chi connectivity index (χ1v) is 10.9. The van der Waals surface area contributed by atoms with E-state index >= 15 is 0 Å². The van der Waals surface area contributed by atoms with Crippen molar-refractivity contribution in [2.45, 2.75) is 84.0 Å². The molecular weight excluding hydrogens is 344 g/mol. The highest BCUT2D eigenvalue weighted by Gasteiger charge is 2.65. The van der Waals surface area contributed by atoms with Crippen LogP contribution in [0.2, 0.25) is 0 Å². The van der Waals surface area contributed by atoms with Gasteiger partial charge in [0.1, 0.15) is 0 Å². The lowest BCUT2D eigenvalue weighted by Gasteiger charge is -2.63. The highest BCUT2D eigenvalue weighted by Crippen LogP contribution is 2.68. The zero-order valence-corrected chi connectivity index (χ0v) is 16.8. The highest BCUT2D eigenvalue weighted by atomic mass is 16.4. The van der Waals surface area contributed by atoms with Gasteiger partial charge >= 0.3 is 5.97 Å². The zero-order chi connectivity index (χ0) is 19.7. The number of fused-ring (bicyclic) bond motifs is 5. The van der Waals surface area contributed by atoms with E-state index in [0.717, 1.165) is 38.5 Å². The molecule has 4 fully saturated rings. The third kappa shape index (κ3) is 2.64. The van der Waals surface area contributed by atoms with Crippen molar-refractivity contribution in [2.75, 3.05) is 0 Å². The number of carbonyl (C=O) groups is 1. The molecule has 0 aromatic rings. The molecule has 4 N–H and O–H groups in total. The summed E-state index contributed by atoms with van der Waals surface area (Å²) in [6, 6.07) is 0. The van der Waals surface area contributed by atoms with Crippen molar-refractivity contribution in [2.24, 2.45) is 46.3 Å². The van der Waals surface area contributed by atoms with Crippen LogP contribution < -0.4 is 0 Å². The molecule has 4 aliphatic rings. The fourth-order valence-electron chi connectivity index (χ4n) is 8.27. The van der Waals surface area contributed by atoms with Gasteiger partial charge in [-0.1, -0.05) is 20.8 Å². The molecule has 27 heavy (non-hydrogen) atoms. The van der Waals surface area contributed by atoms with E-state index in [0.29, 0.717) is 12.3 Å². The second-order valence-electron chi connectivity index (χ2n) is 10.7. The Morgan fingerprint density at radius 1 is 0.889 bits per heavy atom.